The molecule has 1 aliphatic heterocycles. The molecule has 0 amide bonds. The van der Waals surface area contributed by atoms with Gasteiger partial charge in [0.25, 0.3) is 0 Å². The topological polar surface area (TPSA) is 91.4 Å². The van der Waals surface area contributed by atoms with E-state index in [0.717, 1.165) is 71.2 Å². The number of fused-ring (bicyclic) bond motifs is 1. The summed E-state index contributed by atoms with van der Waals surface area (Å²) in [5.74, 6) is 3.05. The van der Waals surface area contributed by atoms with Crippen molar-refractivity contribution in [3.63, 3.8) is 0 Å². The molecule has 3 heterocycles. The Morgan fingerprint density at radius 3 is 2.38 bits per heavy atom. The molecule has 2 aromatic heterocycles. The van der Waals surface area contributed by atoms with E-state index in [9.17, 15) is 0 Å². The van der Waals surface area contributed by atoms with Crippen molar-refractivity contribution in [1.82, 2.24) is 25.1 Å². The third-order valence-electron chi connectivity index (χ3n) is 7.32. The average molecular weight is 502 g/mol. The Labute approximate surface area is 217 Å². The zero-order valence-electron chi connectivity index (χ0n) is 22.2. The molecule has 2 N–H and O–H groups in total. The number of methoxy groups -OCH3 is 2. The Bertz CT molecular complexity index is 1340. The van der Waals surface area contributed by atoms with Gasteiger partial charge in [0.05, 0.1) is 19.7 Å². The van der Waals surface area contributed by atoms with Crippen LogP contribution in [0.3, 0.4) is 0 Å². The summed E-state index contributed by atoms with van der Waals surface area (Å²) in [6, 6.07) is 15.4. The summed E-state index contributed by atoms with van der Waals surface area (Å²) in [6.45, 7) is 6.56. The number of aromatic nitrogens is 4. The second kappa shape index (κ2) is 10.6. The maximum absolute atomic E-state index is 5.38. The van der Waals surface area contributed by atoms with Crippen LogP contribution in [-0.4, -0.2) is 71.5 Å². The highest BCUT2D eigenvalue weighted by Crippen LogP contribution is 2.29. The number of H-pyrrole nitrogens is 1. The van der Waals surface area contributed by atoms with Gasteiger partial charge in [0.15, 0.2) is 5.82 Å². The van der Waals surface area contributed by atoms with Crippen LogP contribution >= 0.6 is 0 Å². The molecular weight excluding hydrogens is 466 g/mol. The van der Waals surface area contributed by atoms with Gasteiger partial charge in [0.1, 0.15) is 23.6 Å². The van der Waals surface area contributed by atoms with E-state index in [0.29, 0.717) is 12.1 Å². The summed E-state index contributed by atoms with van der Waals surface area (Å²) >= 11 is 0. The van der Waals surface area contributed by atoms with Gasteiger partial charge in [-0.1, -0.05) is 0 Å². The highest BCUT2D eigenvalue weighted by atomic mass is 16.5. The van der Waals surface area contributed by atoms with Crippen molar-refractivity contribution in [2.45, 2.75) is 38.8 Å². The Balaban J connectivity index is 1.28. The van der Waals surface area contributed by atoms with E-state index in [-0.39, 0.29) is 0 Å². The average Bonchev–Trinajstić information content (AvgIpc) is 3.37. The molecule has 9 heteroatoms. The van der Waals surface area contributed by atoms with E-state index in [2.05, 4.69) is 74.4 Å². The molecule has 194 valence electrons. The lowest BCUT2D eigenvalue weighted by Crippen LogP contribution is -2.55. The first-order valence-electron chi connectivity index (χ1n) is 12.7. The molecule has 2 aromatic carbocycles. The highest BCUT2D eigenvalue weighted by Gasteiger charge is 2.26. The van der Waals surface area contributed by atoms with E-state index in [1.54, 1.807) is 20.5 Å². The molecule has 0 bridgehead atoms. The number of nitrogens with one attached hydrogen (secondary N) is 2. The number of benzene rings is 2. The summed E-state index contributed by atoms with van der Waals surface area (Å²) in [4.78, 5) is 13.9. The Morgan fingerprint density at radius 2 is 1.68 bits per heavy atom. The summed E-state index contributed by atoms with van der Waals surface area (Å²) in [6.07, 6.45) is 3.24. The number of piperazine rings is 1. The molecular formula is C28H35N7O2. The Hall–Kier alpha value is -3.85. The van der Waals surface area contributed by atoms with Crippen molar-refractivity contribution in [3.8, 4) is 11.5 Å². The number of aromatic amines is 1. The second-order valence-corrected chi connectivity index (χ2v) is 9.82. The zero-order chi connectivity index (χ0) is 25.9. The van der Waals surface area contributed by atoms with E-state index < -0.39 is 0 Å². The smallest absolute Gasteiger partial charge is 0.153 e. The lowest BCUT2D eigenvalue weighted by molar-refractivity contribution is 0.170. The molecule has 9 nitrogen and oxygen atoms in total. The molecule has 2 atom stereocenters. The van der Waals surface area contributed by atoms with Gasteiger partial charge in [-0.25, -0.2) is 9.97 Å². The number of aryl methyl sites for hydroxylation is 2. The number of rotatable bonds is 8. The summed E-state index contributed by atoms with van der Waals surface area (Å²) in [7, 11) is 5.53. The van der Waals surface area contributed by atoms with Crippen LogP contribution in [0.25, 0.3) is 10.9 Å². The largest absolute Gasteiger partial charge is 0.497 e. The maximum atomic E-state index is 5.38. The van der Waals surface area contributed by atoms with Crippen molar-refractivity contribution < 1.29 is 9.47 Å². The van der Waals surface area contributed by atoms with Crippen molar-refractivity contribution in [1.29, 1.82) is 0 Å². The number of nitrogens with zero attached hydrogens (tertiary/aromatic N) is 5. The predicted octanol–water partition coefficient (Wildman–Crippen LogP) is 4.43. The third kappa shape index (κ3) is 5.46. The molecule has 4 aromatic rings. The molecule has 0 unspecified atom stereocenters. The Kier molecular flexibility index (Phi) is 7.14. The van der Waals surface area contributed by atoms with Crippen LogP contribution in [0.1, 0.15) is 25.1 Å². The normalized spacial score (nSPS) is 18.2. The van der Waals surface area contributed by atoms with Gasteiger partial charge in [0, 0.05) is 54.1 Å². The maximum Gasteiger partial charge on any atom is 0.153 e. The van der Waals surface area contributed by atoms with Crippen LogP contribution < -0.4 is 19.7 Å². The fraction of sp³-hybridized carbons (Fsp3) is 0.393. The van der Waals surface area contributed by atoms with Crippen molar-refractivity contribution in [2.75, 3.05) is 44.6 Å². The first kappa shape index (κ1) is 24.8. The first-order valence-corrected chi connectivity index (χ1v) is 12.7. The molecule has 1 fully saturated rings. The Morgan fingerprint density at radius 1 is 0.946 bits per heavy atom. The lowest BCUT2D eigenvalue weighted by Gasteiger charge is -2.43. The van der Waals surface area contributed by atoms with Crippen LogP contribution in [-0.2, 0) is 12.8 Å². The minimum atomic E-state index is 0.502. The van der Waals surface area contributed by atoms with Gasteiger partial charge < -0.3 is 19.7 Å². The summed E-state index contributed by atoms with van der Waals surface area (Å²) in [5.41, 5.74) is 4.28. The van der Waals surface area contributed by atoms with Crippen molar-refractivity contribution in [2.24, 2.45) is 0 Å². The van der Waals surface area contributed by atoms with Gasteiger partial charge in [0.2, 0.25) is 0 Å². The van der Waals surface area contributed by atoms with Crippen LogP contribution in [0.15, 0.2) is 48.8 Å². The number of hydrogen-bond donors (Lipinski definition) is 2. The molecule has 37 heavy (non-hydrogen) atoms. The van der Waals surface area contributed by atoms with Crippen LogP contribution in [0, 0.1) is 0 Å². The first-order chi connectivity index (χ1) is 17.9. The van der Waals surface area contributed by atoms with E-state index in [1.165, 1.54) is 5.69 Å². The van der Waals surface area contributed by atoms with Gasteiger partial charge in [-0.15, -0.1) is 0 Å². The molecule has 0 radical (unpaired) electrons. The van der Waals surface area contributed by atoms with Crippen molar-refractivity contribution >= 4 is 28.2 Å². The number of ether oxygens (including phenoxy) is 2. The SMILES string of the molecule is COc1cc(CCc2cc(Nc3ncnc4cc(N5C[C@@H](C)N(C)[C@@H](C)C5)ccc34)n[nH]2)cc(OC)c1. The third-order valence-corrected chi connectivity index (χ3v) is 7.32. The van der Waals surface area contributed by atoms with Crippen LogP contribution in [0.5, 0.6) is 11.5 Å². The summed E-state index contributed by atoms with van der Waals surface area (Å²) < 4.78 is 10.8. The molecule has 0 spiro atoms. The van der Waals surface area contributed by atoms with E-state index >= 15 is 0 Å². The highest BCUT2D eigenvalue weighted by molar-refractivity contribution is 5.92. The standard InChI is InChI=1S/C28H35N7O2/c1-18-15-35(16-19(2)34(18)3)22-8-9-25-26(13-22)29-17-30-28(25)31-27-12-21(32-33-27)7-6-20-10-23(36-4)14-24(11-20)37-5/h8-14,17-19H,6-7,15-16H2,1-5H3,(H2,29,30,31,32,33)/t18-,19+. The quantitative estimate of drug-likeness (QED) is 0.367. The minimum absolute atomic E-state index is 0.502. The van der Waals surface area contributed by atoms with Crippen LogP contribution in [0.2, 0.25) is 0 Å². The molecule has 5 rings (SSSR count). The second-order valence-electron chi connectivity index (χ2n) is 9.82. The fourth-order valence-corrected chi connectivity index (χ4v) is 4.92. The van der Waals surface area contributed by atoms with E-state index in [4.69, 9.17) is 9.47 Å². The number of likely N-dealkylation sites (N-methyl/N-ethyl adjacent to an activating group) is 1. The lowest BCUT2D eigenvalue weighted by atomic mass is 10.1. The van der Waals surface area contributed by atoms with Gasteiger partial charge in [-0.2, -0.15) is 5.10 Å². The molecule has 0 aliphatic carbocycles. The van der Waals surface area contributed by atoms with Crippen molar-refractivity contribution in [3.05, 3.63) is 60.0 Å². The molecule has 1 saturated heterocycles. The fourth-order valence-electron chi connectivity index (χ4n) is 4.92. The van der Waals surface area contributed by atoms with Gasteiger partial charge in [-0.3, -0.25) is 10.00 Å². The molecule has 1 aliphatic rings. The van der Waals surface area contributed by atoms with Crippen LogP contribution in [0.4, 0.5) is 17.3 Å². The molecule has 0 saturated carbocycles. The number of anilines is 3. The monoisotopic (exact) mass is 501 g/mol. The van der Waals surface area contributed by atoms with Gasteiger partial charge in [-0.05, 0) is 69.6 Å². The van der Waals surface area contributed by atoms with E-state index in [1.807, 2.05) is 24.3 Å². The minimum Gasteiger partial charge on any atom is -0.497 e. The zero-order valence-corrected chi connectivity index (χ0v) is 22.2. The predicted molar refractivity (Wildman–Crippen MR) is 147 cm³/mol. The summed E-state index contributed by atoms with van der Waals surface area (Å²) in [5, 5.41) is 11.9. The number of hydrogen-bond acceptors (Lipinski definition) is 8. The van der Waals surface area contributed by atoms with Gasteiger partial charge >= 0.3 is 0 Å².